The van der Waals surface area contributed by atoms with E-state index >= 15 is 0 Å². The molecule has 2 aromatic rings. The zero-order valence-corrected chi connectivity index (χ0v) is 16.7. The van der Waals surface area contributed by atoms with Gasteiger partial charge in [0.05, 0.1) is 0 Å². The first-order valence-electron chi connectivity index (χ1n) is 9.96. The van der Waals surface area contributed by atoms with E-state index in [4.69, 9.17) is 0 Å². The summed E-state index contributed by atoms with van der Waals surface area (Å²) < 4.78 is 0. The molecule has 1 aliphatic heterocycles. The standard InChI is InChI=1S/C23H25N3O3/c1-15-6-3-4-7-18(15)13-24-20(27)14-26-21(28)23(2,25-22(26)29)19-11-10-16-8-5-9-17(16)12-19/h3-4,6-7,10-12H,5,8-9,13-14H2,1-2H3,(H,24,27)(H,25,29). The van der Waals surface area contributed by atoms with E-state index < -0.39 is 17.5 Å². The number of carbonyl (C=O) groups excluding carboxylic acids is 3. The summed E-state index contributed by atoms with van der Waals surface area (Å²) in [5.74, 6) is -0.763. The third-order valence-corrected chi connectivity index (χ3v) is 5.99. The van der Waals surface area contributed by atoms with Crippen LogP contribution in [0, 0.1) is 6.92 Å². The van der Waals surface area contributed by atoms with E-state index in [0.717, 1.165) is 40.9 Å². The highest BCUT2D eigenvalue weighted by Crippen LogP contribution is 2.32. The van der Waals surface area contributed by atoms with Crippen molar-refractivity contribution >= 4 is 17.8 Å². The van der Waals surface area contributed by atoms with E-state index in [1.54, 1.807) is 6.92 Å². The Morgan fingerprint density at radius 3 is 2.69 bits per heavy atom. The van der Waals surface area contributed by atoms with Gasteiger partial charge in [0, 0.05) is 6.54 Å². The predicted molar refractivity (Wildman–Crippen MR) is 109 cm³/mol. The molecule has 1 saturated heterocycles. The Morgan fingerprint density at radius 2 is 1.90 bits per heavy atom. The molecule has 1 atom stereocenters. The van der Waals surface area contributed by atoms with Crippen LogP contribution in [-0.2, 0) is 34.5 Å². The van der Waals surface area contributed by atoms with Crippen molar-refractivity contribution in [3.8, 4) is 0 Å². The van der Waals surface area contributed by atoms with Crippen molar-refractivity contribution in [3.05, 3.63) is 70.3 Å². The van der Waals surface area contributed by atoms with Crippen molar-refractivity contribution in [2.24, 2.45) is 0 Å². The number of nitrogens with one attached hydrogen (secondary N) is 2. The van der Waals surface area contributed by atoms with Crippen LogP contribution < -0.4 is 10.6 Å². The summed E-state index contributed by atoms with van der Waals surface area (Å²) in [5.41, 5.74) is 4.24. The number of urea groups is 1. The predicted octanol–water partition coefficient (Wildman–Crippen LogP) is 2.57. The van der Waals surface area contributed by atoms with Crippen LogP contribution in [0.4, 0.5) is 4.79 Å². The molecule has 1 unspecified atom stereocenters. The molecule has 29 heavy (non-hydrogen) atoms. The van der Waals surface area contributed by atoms with Gasteiger partial charge in [0.15, 0.2) is 0 Å². The molecular formula is C23H25N3O3. The summed E-state index contributed by atoms with van der Waals surface area (Å²) >= 11 is 0. The molecule has 2 aromatic carbocycles. The van der Waals surface area contributed by atoms with Crippen LogP contribution in [0.15, 0.2) is 42.5 Å². The molecule has 0 saturated carbocycles. The highest BCUT2D eigenvalue weighted by atomic mass is 16.2. The molecule has 4 amide bonds. The molecule has 0 spiro atoms. The average molecular weight is 391 g/mol. The quantitative estimate of drug-likeness (QED) is 0.769. The smallest absolute Gasteiger partial charge is 0.325 e. The van der Waals surface area contributed by atoms with Crippen molar-refractivity contribution in [2.75, 3.05) is 6.54 Å². The highest BCUT2D eigenvalue weighted by Gasteiger charge is 2.49. The maximum atomic E-state index is 13.1. The van der Waals surface area contributed by atoms with E-state index in [-0.39, 0.29) is 12.5 Å². The number of carbonyl (C=O) groups is 3. The zero-order valence-electron chi connectivity index (χ0n) is 16.7. The summed E-state index contributed by atoms with van der Waals surface area (Å²) in [6.07, 6.45) is 3.16. The van der Waals surface area contributed by atoms with Gasteiger partial charge in [0.2, 0.25) is 5.91 Å². The lowest BCUT2D eigenvalue weighted by atomic mass is 9.89. The van der Waals surface area contributed by atoms with Crippen molar-refractivity contribution in [3.63, 3.8) is 0 Å². The number of rotatable bonds is 5. The third kappa shape index (κ3) is 3.50. The van der Waals surface area contributed by atoms with Gasteiger partial charge in [-0.25, -0.2) is 4.79 Å². The largest absolute Gasteiger partial charge is 0.350 e. The van der Waals surface area contributed by atoms with Gasteiger partial charge in [-0.15, -0.1) is 0 Å². The van der Waals surface area contributed by atoms with Crippen LogP contribution in [-0.4, -0.2) is 29.3 Å². The molecule has 0 aromatic heterocycles. The number of hydrogen-bond acceptors (Lipinski definition) is 3. The van der Waals surface area contributed by atoms with Gasteiger partial charge in [-0.2, -0.15) is 0 Å². The Kier molecular flexibility index (Phi) is 4.86. The number of amides is 4. The summed E-state index contributed by atoms with van der Waals surface area (Å²) in [7, 11) is 0. The average Bonchev–Trinajstić information content (AvgIpc) is 3.26. The molecule has 2 aliphatic rings. The first kappa shape index (κ1) is 19.2. The number of hydrogen-bond donors (Lipinski definition) is 2. The van der Waals surface area contributed by atoms with Gasteiger partial charge in [-0.3, -0.25) is 14.5 Å². The molecule has 2 N–H and O–H groups in total. The number of imide groups is 1. The van der Waals surface area contributed by atoms with Crippen LogP contribution in [0.5, 0.6) is 0 Å². The topological polar surface area (TPSA) is 78.5 Å². The molecule has 6 nitrogen and oxygen atoms in total. The molecular weight excluding hydrogens is 366 g/mol. The Balaban J connectivity index is 1.45. The maximum absolute atomic E-state index is 13.1. The summed E-state index contributed by atoms with van der Waals surface area (Å²) in [4.78, 5) is 38.9. The highest BCUT2D eigenvalue weighted by molar-refractivity contribution is 6.09. The van der Waals surface area contributed by atoms with Crippen LogP contribution in [0.3, 0.4) is 0 Å². The summed E-state index contributed by atoms with van der Waals surface area (Å²) in [6.45, 7) is 3.74. The number of nitrogens with zero attached hydrogens (tertiary/aromatic N) is 1. The second-order valence-corrected chi connectivity index (χ2v) is 7.99. The zero-order chi connectivity index (χ0) is 20.6. The number of fused-ring (bicyclic) bond motifs is 1. The van der Waals surface area contributed by atoms with E-state index in [1.165, 1.54) is 11.1 Å². The van der Waals surface area contributed by atoms with Gasteiger partial charge in [-0.1, -0.05) is 42.5 Å². The van der Waals surface area contributed by atoms with E-state index in [2.05, 4.69) is 10.6 Å². The van der Waals surface area contributed by atoms with Crippen LogP contribution >= 0.6 is 0 Å². The fourth-order valence-electron chi connectivity index (χ4n) is 4.12. The Morgan fingerprint density at radius 1 is 1.14 bits per heavy atom. The third-order valence-electron chi connectivity index (χ3n) is 5.99. The minimum absolute atomic E-state index is 0.295. The monoisotopic (exact) mass is 391 g/mol. The van der Waals surface area contributed by atoms with Crippen molar-refractivity contribution in [1.29, 1.82) is 0 Å². The van der Waals surface area contributed by atoms with E-state index in [9.17, 15) is 14.4 Å². The second-order valence-electron chi connectivity index (χ2n) is 7.99. The normalized spacial score (nSPS) is 20.6. The minimum atomic E-state index is -1.15. The van der Waals surface area contributed by atoms with Crippen LogP contribution in [0.2, 0.25) is 0 Å². The second kappa shape index (κ2) is 7.35. The van der Waals surface area contributed by atoms with Crippen molar-refractivity contribution < 1.29 is 14.4 Å². The maximum Gasteiger partial charge on any atom is 0.325 e. The number of benzene rings is 2. The summed E-state index contributed by atoms with van der Waals surface area (Å²) in [5, 5.41) is 5.58. The molecule has 4 rings (SSSR count). The van der Waals surface area contributed by atoms with E-state index in [1.807, 2.05) is 49.4 Å². The van der Waals surface area contributed by atoms with E-state index in [0.29, 0.717) is 6.54 Å². The molecule has 0 bridgehead atoms. The van der Waals surface area contributed by atoms with Crippen LogP contribution in [0.25, 0.3) is 0 Å². The lowest BCUT2D eigenvalue weighted by molar-refractivity contribution is -0.134. The minimum Gasteiger partial charge on any atom is -0.350 e. The van der Waals surface area contributed by atoms with Gasteiger partial charge in [0.1, 0.15) is 12.1 Å². The first-order chi connectivity index (χ1) is 13.9. The number of aryl methyl sites for hydroxylation is 3. The first-order valence-corrected chi connectivity index (χ1v) is 9.96. The SMILES string of the molecule is Cc1ccccc1CNC(=O)CN1C(=O)NC(C)(c2ccc3c(c2)CCC3)C1=O. The summed E-state index contributed by atoms with van der Waals surface area (Å²) in [6, 6.07) is 13.2. The molecule has 0 radical (unpaired) electrons. The Labute approximate surface area is 170 Å². The molecule has 1 aliphatic carbocycles. The Bertz CT molecular complexity index is 1000. The molecule has 1 heterocycles. The van der Waals surface area contributed by atoms with Gasteiger partial charge < -0.3 is 10.6 Å². The van der Waals surface area contributed by atoms with Gasteiger partial charge in [0.25, 0.3) is 5.91 Å². The van der Waals surface area contributed by atoms with Crippen LogP contribution in [0.1, 0.15) is 41.2 Å². The van der Waals surface area contributed by atoms with Gasteiger partial charge in [-0.05, 0) is 60.9 Å². The molecule has 150 valence electrons. The lowest BCUT2D eigenvalue weighted by Crippen LogP contribution is -2.43. The van der Waals surface area contributed by atoms with Crippen molar-refractivity contribution in [2.45, 2.75) is 45.2 Å². The fraction of sp³-hybridized carbons (Fsp3) is 0.348. The van der Waals surface area contributed by atoms with Crippen molar-refractivity contribution in [1.82, 2.24) is 15.5 Å². The molecule has 6 heteroatoms. The Hall–Kier alpha value is -3.15. The fourth-order valence-corrected chi connectivity index (χ4v) is 4.12. The molecule has 1 fully saturated rings. The van der Waals surface area contributed by atoms with Gasteiger partial charge >= 0.3 is 6.03 Å². The lowest BCUT2D eigenvalue weighted by Gasteiger charge is -2.23.